The van der Waals surface area contributed by atoms with Crippen LogP contribution in [0.4, 0.5) is 5.69 Å². The fraction of sp³-hybridized carbons (Fsp3) is 0.100. The Morgan fingerprint density at radius 2 is 2.13 bits per heavy atom. The summed E-state index contributed by atoms with van der Waals surface area (Å²) in [6.45, 7) is 0.0123. The Morgan fingerprint density at radius 3 is 2.93 bits per heavy atom. The van der Waals surface area contributed by atoms with Gasteiger partial charge in [-0.2, -0.15) is 5.10 Å². The number of imidazole rings is 1. The molecule has 3 aromatic heterocycles. The second-order valence-corrected chi connectivity index (χ2v) is 7.00. The van der Waals surface area contributed by atoms with Crippen LogP contribution in [0.15, 0.2) is 41.2 Å². The molecule has 0 radical (unpaired) electrons. The third-order valence-corrected chi connectivity index (χ3v) is 5.42. The lowest BCUT2D eigenvalue weighted by Gasteiger charge is -2.20. The van der Waals surface area contributed by atoms with Gasteiger partial charge < -0.3 is 19.4 Å². The fourth-order valence-electron chi connectivity index (χ4n) is 4.11. The van der Waals surface area contributed by atoms with Crippen LogP contribution in [0.2, 0.25) is 0 Å². The van der Waals surface area contributed by atoms with Crippen LogP contribution in [0.5, 0.6) is 11.5 Å². The molecule has 1 aliphatic heterocycles. The van der Waals surface area contributed by atoms with Gasteiger partial charge in [-0.05, 0) is 18.2 Å². The van der Waals surface area contributed by atoms with E-state index in [1.165, 1.54) is 6.07 Å². The van der Waals surface area contributed by atoms with Crippen LogP contribution in [-0.2, 0) is 6.61 Å². The molecule has 6 rings (SSSR count). The Labute approximate surface area is 166 Å². The topological polar surface area (TPSA) is 128 Å². The van der Waals surface area contributed by atoms with Crippen molar-refractivity contribution in [1.82, 2.24) is 19.6 Å². The third-order valence-electron chi connectivity index (χ3n) is 5.42. The first-order valence-corrected chi connectivity index (χ1v) is 9.10. The summed E-state index contributed by atoms with van der Waals surface area (Å²) in [7, 11) is 1.58. The normalized spacial score (nSPS) is 12.7. The number of pyridine rings is 1. The van der Waals surface area contributed by atoms with Crippen molar-refractivity contribution in [2.75, 3.05) is 7.11 Å². The molecule has 4 heterocycles. The van der Waals surface area contributed by atoms with E-state index in [2.05, 4.69) is 9.97 Å². The minimum Gasteiger partial charge on any atom is -0.497 e. The van der Waals surface area contributed by atoms with E-state index in [1.54, 1.807) is 23.8 Å². The first-order valence-electron chi connectivity index (χ1n) is 9.10. The van der Waals surface area contributed by atoms with Crippen LogP contribution < -0.4 is 15.0 Å². The number of nitro groups is 1. The van der Waals surface area contributed by atoms with E-state index < -0.39 is 4.92 Å². The molecule has 0 bridgehead atoms. The number of aromatic amines is 2. The van der Waals surface area contributed by atoms with E-state index in [4.69, 9.17) is 14.6 Å². The highest BCUT2D eigenvalue weighted by atomic mass is 16.6. The number of fused-ring (bicyclic) bond motifs is 9. The highest BCUT2D eigenvalue weighted by molar-refractivity contribution is 6.05. The monoisotopic (exact) mass is 403 g/mol. The number of hydrogen-bond donors (Lipinski definition) is 2. The van der Waals surface area contributed by atoms with E-state index in [0.29, 0.717) is 39.1 Å². The smallest absolute Gasteiger partial charge is 0.311 e. The summed E-state index contributed by atoms with van der Waals surface area (Å²) in [5.74, 6) is 0.833. The molecule has 0 atom stereocenters. The van der Waals surface area contributed by atoms with E-state index in [-0.39, 0.29) is 23.6 Å². The maximum Gasteiger partial charge on any atom is 0.311 e. The van der Waals surface area contributed by atoms with Gasteiger partial charge in [-0.25, -0.2) is 4.52 Å². The molecular formula is C20H13N5O5. The summed E-state index contributed by atoms with van der Waals surface area (Å²) < 4.78 is 12.6. The Bertz CT molecular complexity index is 1590. The number of para-hydroxylation sites is 1. The number of nitrogens with zero attached hydrogens (tertiary/aromatic N) is 3. The molecule has 0 fully saturated rings. The molecule has 10 nitrogen and oxygen atoms in total. The molecular weight excluding hydrogens is 390 g/mol. The number of benzene rings is 2. The van der Waals surface area contributed by atoms with Gasteiger partial charge in [-0.3, -0.25) is 14.9 Å². The molecule has 0 amide bonds. The summed E-state index contributed by atoms with van der Waals surface area (Å²) >= 11 is 0. The maximum absolute atomic E-state index is 12.9. The van der Waals surface area contributed by atoms with Crippen LogP contribution in [0, 0.1) is 10.1 Å². The zero-order valence-corrected chi connectivity index (χ0v) is 15.6. The van der Waals surface area contributed by atoms with Gasteiger partial charge in [0, 0.05) is 23.3 Å². The number of nitrogens with one attached hydrogen (secondary N) is 2. The molecule has 0 unspecified atom stereocenters. The lowest BCUT2D eigenvalue weighted by molar-refractivity contribution is -0.385. The zero-order valence-electron chi connectivity index (χ0n) is 15.6. The van der Waals surface area contributed by atoms with E-state index >= 15 is 0 Å². The van der Waals surface area contributed by atoms with Crippen LogP contribution in [-0.4, -0.2) is 31.6 Å². The van der Waals surface area contributed by atoms with Crippen molar-refractivity contribution in [3.8, 4) is 22.6 Å². The second kappa shape index (κ2) is 5.60. The van der Waals surface area contributed by atoms with Crippen molar-refractivity contribution in [2.24, 2.45) is 0 Å². The Morgan fingerprint density at radius 1 is 1.27 bits per heavy atom. The van der Waals surface area contributed by atoms with E-state index in [0.717, 1.165) is 11.0 Å². The molecule has 2 aromatic carbocycles. The molecule has 1 aliphatic rings. The molecule has 10 heteroatoms. The van der Waals surface area contributed by atoms with Crippen molar-refractivity contribution in [3.05, 3.63) is 62.6 Å². The largest absolute Gasteiger partial charge is 0.497 e. The van der Waals surface area contributed by atoms with Gasteiger partial charge in [0.05, 0.1) is 28.8 Å². The Balaban J connectivity index is 1.76. The number of methoxy groups -OCH3 is 1. The molecule has 5 aromatic rings. The van der Waals surface area contributed by atoms with Crippen molar-refractivity contribution in [2.45, 2.75) is 6.61 Å². The van der Waals surface area contributed by atoms with E-state index in [1.807, 2.05) is 18.2 Å². The SMILES string of the molecule is COc1ccc2[nH]c3c4c(=O)[nH]c5c(c4nn3c2c1)-c1cccc([N+](=O)[O-])c1OC5. The van der Waals surface area contributed by atoms with Crippen molar-refractivity contribution in [3.63, 3.8) is 0 Å². The number of ether oxygens (including phenoxy) is 2. The number of nitro benzene ring substituents is 1. The maximum atomic E-state index is 12.9. The van der Waals surface area contributed by atoms with Crippen LogP contribution in [0.1, 0.15) is 5.69 Å². The first-order chi connectivity index (χ1) is 14.6. The predicted octanol–water partition coefficient (Wildman–Crippen LogP) is 3.13. The molecule has 0 saturated carbocycles. The third kappa shape index (κ3) is 2.01. The van der Waals surface area contributed by atoms with Crippen molar-refractivity contribution >= 4 is 33.3 Å². The first kappa shape index (κ1) is 16.6. The standard InChI is InChI=1S/C20H13N5O5/c1-29-9-5-6-11-14(7-9)24-19(21-11)16-17(23-24)15-10-3-2-4-13(25(27)28)18(10)30-8-12(15)22-20(16)26/h2-7,21H,8H2,1H3,(H,22,26). The molecule has 148 valence electrons. The predicted molar refractivity (Wildman–Crippen MR) is 108 cm³/mol. The quantitative estimate of drug-likeness (QED) is 0.344. The second-order valence-electron chi connectivity index (χ2n) is 7.00. The van der Waals surface area contributed by atoms with Gasteiger partial charge in [0.2, 0.25) is 5.75 Å². The number of H-pyrrole nitrogens is 2. The zero-order chi connectivity index (χ0) is 20.6. The van der Waals surface area contributed by atoms with Gasteiger partial charge in [0.25, 0.3) is 5.56 Å². The van der Waals surface area contributed by atoms with Crippen LogP contribution in [0.25, 0.3) is 38.7 Å². The average molecular weight is 403 g/mol. The van der Waals surface area contributed by atoms with Gasteiger partial charge in [-0.15, -0.1) is 0 Å². The van der Waals surface area contributed by atoms with E-state index in [9.17, 15) is 14.9 Å². The molecule has 30 heavy (non-hydrogen) atoms. The fourth-order valence-corrected chi connectivity index (χ4v) is 4.11. The van der Waals surface area contributed by atoms with Gasteiger partial charge in [-0.1, -0.05) is 6.07 Å². The Kier molecular flexibility index (Phi) is 3.10. The minimum absolute atomic E-state index is 0.0123. The summed E-state index contributed by atoms with van der Waals surface area (Å²) in [5, 5.41) is 16.5. The van der Waals surface area contributed by atoms with Crippen molar-refractivity contribution < 1.29 is 14.4 Å². The summed E-state index contributed by atoms with van der Waals surface area (Å²) in [4.78, 5) is 29.9. The molecule has 0 aliphatic carbocycles. The molecule has 0 saturated heterocycles. The van der Waals surface area contributed by atoms with Gasteiger partial charge in [0.15, 0.2) is 0 Å². The molecule has 0 spiro atoms. The summed E-state index contributed by atoms with van der Waals surface area (Å²) in [6, 6.07) is 10.2. The van der Waals surface area contributed by atoms with Gasteiger partial charge >= 0.3 is 5.69 Å². The van der Waals surface area contributed by atoms with Gasteiger partial charge in [0.1, 0.15) is 28.9 Å². The lowest BCUT2D eigenvalue weighted by Crippen LogP contribution is -2.16. The van der Waals surface area contributed by atoms with Crippen molar-refractivity contribution in [1.29, 1.82) is 0 Å². The highest BCUT2D eigenvalue weighted by Crippen LogP contribution is 2.45. The number of hydrogen-bond acceptors (Lipinski definition) is 6. The Hall–Kier alpha value is -4.34. The number of rotatable bonds is 2. The average Bonchev–Trinajstić information content (AvgIpc) is 3.28. The van der Waals surface area contributed by atoms with Crippen LogP contribution >= 0.6 is 0 Å². The minimum atomic E-state index is -0.482. The van der Waals surface area contributed by atoms with Crippen LogP contribution in [0.3, 0.4) is 0 Å². The summed E-state index contributed by atoms with van der Waals surface area (Å²) in [5.41, 5.74) is 3.79. The summed E-state index contributed by atoms with van der Waals surface area (Å²) in [6.07, 6.45) is 0. The molecule has 2 N–H and O–H groups in total. The lowest BCUT2D eigenvalue weighted by atomic mass is 9.98. The number of aromatic nitrogens is 4. The highest BCUT2D eigenvalue weighted by Gasteiger charge is 2.30.